The van der Waals surface area contributed by atoms with E-state index in [-0.39, 0.29) is 11.5 Å². The molecule has 98 valence electrons. The van der Waals surface area contributed by atoms with Gasteiger partial charge < -0.3 is 9.64 Å². The van der Waals surface area contributed by atoms with Gasteiger partial charge in [-0.1, -0.05) is 0 Å². The van der Waals surface area contributed by atoms with Crippen molar-refractivity contribution < 1.29 is 22.3 Å². The number of sulfone groups is 1. The summed E-state index contributed by atoms with van der Waals surface area (Å²) in [6.07, 6.45) is 2.07. The second kappa shape index (κ2) is 5.59. The lowest BCUT2D eigenvalue weighted by molar-refractivity contribution is -0.119. The van der Waals surface area contributed by atoms with E-state index < -0.39 is 21.7 Å². The highest BCUT2D eigenvalue weighted by Crippen LogP contribution is 2.22. The number of ether oxygens (including phenoxy) is 1. The molecule has 0 spiro atoms. The summed E-state index contributed by atoms with van der Waals surface area (Å²) in [4.78, 5) is 11.8. The van der Waals surface area contributed by atoms with Gasteiger partial charge in [0, 0.05) is 19.4 Å². The van der Waals surface area contributed by atoms with Crippen molar-refractivity contribution in [1.82, 2.24) is 4.90 Å². The Morgan fingerprint density at radius 1 is 1.53 bits per heavy atom. The second-order valence-electron chi connectivity index (χ2n) is 3.96. The predicted octanol–water partition coefficient (Wildman–Crippen LogP) is 0.479. The molecule has 0 N–H and O–H groups in total. The van der Waals surface area contributed by atoms with Crippen LogP contribution in [0.15, 0.2) is 10.7 Å². The van der Waals surface area contributed by atoms with Gasteiger partial charge in [0.05, 0.1) is 17.6 Å². The van der Waals surface area contributed by atoms with Crippen molar-refractivity contribution in [3.63, 3.8) is 0 Å². The Morgan fingerprint density at radius 3 is 2.65 bits per heavy atom. The topological polar surface area (TPSA) is 63.7 Å². The molecule has 0 bridgehead atoms. The molecule has 5 nitrogen and oxygen atoms in total. The molecule has 1 atom stereocenters. The smallest absolute Gasteiger partial charge is 0.210 e. The third kappa shape index (κ3) is 3.50. The van der Waals surface area contributed by atoms with Crippen LogP contribution in [0.2, 0.25) is 0 Å². The molecule has 1 saturated heterocycles. The molecular weight excluding hydrogens is 249 g/mol. The van der Waals surface area contributed by atoms with Crippen LogP contribution in [0.25, 0.3) is 0 Å². The minimum Gasteiger partial charge on any atom is -0.379 e. The van der Waals surface area contributed by atoms with E-state index >= 15 is 0 Å². The lowest BCUT2D eigenvalue weighted by Gasteiger charge is -2.26. The number of nitrogens with zero attached hydrogens (tertiary/aromatic N) is 1. The van der Waals surface area contributed by atoms with E-state index in [1.807, 2.05) is 0 Å². The van der Waals surface area contributed by atoms with E-state index in [4.69, 9.17) is 4.74 Å². The first-order valence-electron chi connectivity index (χ1n) is 5.23. The fourth-order valence-corrected chi connectivity index (χ4v) is 3.09. The van der Waals surface area contributed by atoms with Gasteiger partial charge in [0.2, 0.25) is 6.41 Å². The van der Waals surface area contributed by atoms with Crippen LogP contribution >= 0.6 is 0 Å². The van der Waals surface area contributed by atoms with Crippen LogP contribution in [0.5, 0.6) is 0 Å². The molecule has 0 aromatic heterocycles. The van der Waals surface area contributed by atoms with Crippen molar-refractivity contribution in [2.45, 2.75) is 19.4 Å². The summed E-state index contributed by atoms with van der Waals surface area (Å²) in [6, 6.07) is -0.866. The van der Waals surface area contributed by atoms with Crippen LogP contribution in [0.1, 0.15) is 13.3 Å². The summed E-state index contributed by atoms with van der Waals surface area (Å²) >= 11 is 0. The number of hydrogen-bond donors (Lipinski definition) is 0. The molecule has 0 aromatic rings. The largest absolute Gasteiger partial charge is 0.379 e. The van der Waals surface area contributed by atoms with Gasteiger partial charge in [0.1, 0.15) is 5.83 Å². The lowest BCUT2D eigenvalue weighted by Crippen LogP contribution is -2.40. The number of rotatable bonds is 3. The number of allylic oxidation sites excluding steroid dienone is 1. The average molecular weight is 265 g/mol. The summed E-state index contributed by atoms with van der Waals surface area (Å²) in [5.41, 5.74) is 0. The minimum atomic E-state index is -3.70. The first-order chi connectivity index (χ1) is 7.88. The van der Waals surface area contributed by atoms with Crippen molar-refractivity contribution in [3.8, 4) is 0 Å². The molecular formula is C10H16FNO4S. The summed E-state index contributed by atoms with van der Waals surface area (Å²) in [6.45, 7) is 1.87. The molecule has 1 fully saturated rings. The molecule has 0 saturated carbocycles. The Morgan fingerprint density at radius 2 is 2.18 bits per heavy atom. The SMILES string of the molecule is C/C(F)=C(/C1COCCCN1C=O)S(C)(=O)=O. The lowest BCUT2D eigenvalue weighted by atomic mass is 10.2. The fraction of sp³-hybridized carbons (Fsp3) is 0.700. The highest BCUT2D eigenvalue weighted by Gasteiger charge is 2.31. The van der Waals surface area contributed by atoms with Crippen molar-refractivity contribution in [1.29, 1.82) is 0 Å². The average Bonchev–Trinajstić information content (AvgIpc) is 2.40. The molecule has 1 aliphatic rings. The maximum absolute atomic E-state index is 13.4. The molecule has 1 aliphatic heterocycles. The maximum atomic E-state index is 13.4. The van der Waals surface area contributed by atoms with Gasteiger partial charge in [-0.05, 0) is 13.3 Å². The first-order valence-corrected chi connectivity index (χ1v) is 7.12. The molecule has 1 amide bonds. The molecule has 1 unspecified atom stereocenters. The monoisotopic (exact) mass is 265 g/mol. The van der Waals surface area contributed by atoms with Gasteiger partial charge in [-0.2, -0.15) is 0 Å². The number of carbonyl (C=O) groups excluding carboxylic acids is 1. The van der Waals surface area contributed by atoms with E-state index in [9.17, 15) is 17.6 Å². The molecule has 1 heterocycles. The van der Waals surface area contributed by atoms with Gasteiger partial charge in [-0.3, -0.25) is 4.79 Å². The fourth-order valence-electron chi connectivity index (χ4n) is 1.88. The maximum Gasteiger partial charge on any atom is 0.210 e. The molecule has 0 aromatic carbocycles. The highest BCUT2D eigenvalue weighted by molar-refractivity contribution is 7.94. The molecule has 17 heavy (non-hydrogen) atoms. The Bertz CT molecular complexity index is 414. The summed E-state index contributed by atoms with van der Waals surface area (Å²) < 4.78 is 41.7. The van der Waals surface area contributed by atoms with Crippen LogP contribution < -0.4 is 0 Å². The zero-order valence-electron chi connectivity index (χ0n) is 9.85. The number of carbonyl (C=O) groups is 1. The predicted molar refractivity (Wildman–Crippen MR) is 60.6 cm³/mol. The minimum absolute atomic E-state index is 0.00238. The van der Waals surface area contributed by atoms with Crippen LogP contribution in [-0.2, 0) is 19.4 Å². The zero-order chi connectivity index (χ0) is 13.1. The van der Waals surface area contributed by atoms with Crippen molar-refractivity contribution in [2.24, 2.45) is 0 Å². The molecule has 7 heteroatoms. The standard InChI is InChI=1S/C10H16FNO4S/c1-8(11)10(17(2,14)15)9-6-16-5-3-4-12(9)7-13/h7,9H,3-6H2,1-2H3/b10-8+. The summed E-state index contributed by atoms with van der Waals surface area (Å²) in [7, 11) is -3.70. The quantitative estimate of drug-likeness (QED) is 0.696. The number of halogens is 1. The van der Waals surface area contributed by atoms with E-state index in [1.54, 1.807) is 0 Å². The van der Waals surface area contributed by atoms with Crippen molar-refractivity contribution >= 4 is 16.2 Å². The zero-order valence-corrected chi connectivity index (χ0v) is 10.7. The van der Waals surface area contributed by atoms with E-state index in [0.717, 1.165) is 13.2 Å². The van der Waals surface area contributed by atoms with E-state index in [2.05, 4.69) is 0 Å². The second-order valence-corrected chi connectivity index (χ2v) is 5.94. The summed E-state index contributed by atoms with van der Waals surface area (Å²) in [5, 5.41) is 0. The van der Waals surface area contributed by atoms with Crippen LogP contribution in [0.3, 0.4) is 0 Å². The van der Waals surface area contributed by atoms with Crippen molar-refractivity contribution in [3.05, 3.63) is 10.7 Å². The van der Waals surface area contributed by atoms with Gasteiger partial charge in [0.25, 0.3) is 0 Å². The van der Waals surface area contributed by atoms with Crippen LogP contribution in [0.4, 0.5) is 4.39 Å². The number of amides is 1. The third-order valence-electron chi connectivity index (χ3n) is 2.56. The summed E-state index contributed by atoms with van der Waals surface area (Å²) in [5.74, 6) is -0.796. The first kappa shape index (κ1) is 14.1. The van der Waals surface area contributed by atoms with Crippen LogP contribution in [0, 0.1) is 0 Å². The molecule has 0 aliphatic carbocycles. The van der Waals surface area contributed by atoms with Gasteiger partial charge in [-0.25, -0.2) is 12.8 Å². The van der Waals surface area contributed by atoms with Gasteiger partial charge in [0.15, 0.2) is 9.84 Å². The Labute approximate surface area is 100 Å². The normalized spacial score (nSPS) is 23.9. The Hall–Kier alpha value is -0.950. The molecule has 0 radical (unpaired) electrons. The number of hydrogen-bond acceptors (Lipinski definition) is 4. The van der Waals surface area contributed by atoms with Gasteiger partial charge in [-0.15, -0.1) is 0 Å². The van der Waals surface area contributed by atoms with Crippen LogP contribution in [-0.4, -0.2) is 51.8 Å². The van der Waals surface area contributed by atoms with E-state index in [1.165, 1.54) is 4.90 Å². The Kier molecular flexibility index (Phi) is 4.64. The molecule has 1 rings (SSSR count). The van der Waals surface area contributed by atoms with Crippen molar-refractivity contribution in [2.75, 3.05) is 26.0 Å². The Balaban J connectivity index is 3.16. The van der Waals surface area contributed by atoms with E-state index in [0.29, 0.717) is 26.0 Å². The third-order valence-corrected chi connectivity index (χ3v) is 3.91. The highest BCUT2D eigenvalue weighted by atomic mass is 32.2. The van der Waals surface area contributed by atoms with Gasteiger partial charge >= 0.3 is 0 Å².